The van der Waals surface area contributed by atoms with Crippen molar-refractivity contribution in [1.29, 1.82) is 0 Å². The van der Waals surface area contributed by atoms with Gasteiger partial charge < -0.3 is 14.2 Å². The van der Waals surface area contributed by atoms with Gasteiger partial charge in [0.05, 0.1) is 20.8 Å². The predicted molar refractivity (Wildman–Crippen MR) is 138 cm³/mol. The summed E-state index contributed by atoms with van der Waals surface area (Å²) in [5.41, 5.74) is 3.96. The number of nitrogens with zero attached hydrogens (tertiary/aromatic N) is 1. The van der Waals surface area contributed by atoms with Gasteiger partial charge in [-0.25, -0.2) is 0 Å². The van der Waals surface area contributed by atoms with Gasteiger partial charge in [0.15, 0.2) is 17.3 Å². The maximum Gasteiger partial charge on any atom is 0.315 e. The molecule has 0 bridgehead atoms. The molecule has 0 fully saturated rings. The molecule has 2 aromatic rings. The summed E-state index contributed by atoms with van der Waals surface area (Å²) < 4.78 is 17.3. The lowest BCUT2D eigenvalue weighted by Gasteiger charge is -2.36. The van der Waals surface area contributed by atoms with Crippen molar-refractivity contribution in [3.8, 4) is 11.5 Å². The Balaban J connectivity index is 1.76. The van der Waals surface area contributed by atoms with Crippen LogP contribution in [-0.4, -0.2) is 38.3 Å². The first-order chi connectivity index (χ1) is 16.9. The van der Waals surface area contributed by atoms with Crippen LogP contribution in [0.25, 0.3) is 0 Å². The van der Waals surface area contributed by atoms with Gasteiger partial charge in [-0.1, -0.05) is 41.1 Å². The molecule has 184 valence electrons. The molecule has 4 rings (SSSR count). The molecule has 35 heavy (non-hydrogen) atoms. The van der Waals surface area contributed by atoms with Crippen LogP contribution in [-0.2, 0) is 14.3 Å². The summed E-state index contributed by atoms with van der Waals surface area (Å²) in [4.78, 5) is 31.7. The SMILES string of the molecule is CCCOC(=O)C1C(C)=NC2=C(C(=O)C[C@@H](c3ccc(OC)c(OC)c3)C2)[C@H]1c1cccc(Br)c1. The van der Waals surface area contributed by atoms with Crippen molar-refractivity contribution in [3.63, 3.8) is 0 Å². The van der Waals surface area contributed by atoms with Gasteiger partial charge in [-0.05, 0) is 61.1 Å². The number of carbonyl (C=O) groups is 2. The first kappa shape index (κ1) is 25.2. The number of benzene rings is 2. The van der Waals surface area contributed by atoms with Crippen molar-refractivity contribution in [3.05, 3.63) is 69.3 Å². The van der Waals surface area contributed by atoms with Crippen LogP contribution in [0.5, 0.6) is 11.5 Å². The number of ketones is 1. The number of esters is 1. The van der Waals surface area contributed by atoms with E-state index in [2.05, 4.69) is 15.9 Å². The molecular weight excluding hydrogens is 510 g/mol. The second-order valence-electron chi connectivity index (χ2n) is 8.93. The number of rotatable bonds is 7. The van der Waals surface area contributed by atoms with Crippen molar-refractivity contribution >= 4 is 33.4 Å². The van der Waals surface area contributed by atoms with E-state index in [1.807, 2.05) is 56.3 Å². The first-order valence-electron chi connectivity index (χ1n) is 11.8. The van der Waals surface area contributed by atoms with E-state index >= 15 is 0 Å². The molecule has 0 saturated heterocycles. The van der Waals surface area contributed by atoms with Crippen molar-refractivity contribution in [2.45, 2.75) is 44.9 Å². The number of carbonyl (C=O) groups excluding carboxylic acids is 2. The highest BCUT2D eigenvalue weighted by Crippen LogP contribution is 2.47. The highest BCUT2D eigenvalue weighted by Gasteiger charge is 2.44. The third-order valence-electron chi connectivity index (χ3n) is 6.68. The Labute approximate surface area is 214 Å². The monoisotopic (exact) mass is 539 g/mol. The molecule has 1 aliphatic carbocycles. The van der Waals surface area contributed by atoms with Gasteiger partial charge in [-0.2, -0.15) is 0 Å². The maximum absolute atomic E-state index is 13.7. The fraction of sp³-hybridized carbons (Fsp3) is 0.393. The Kier molecular flexibility index (Phi) is 7.75. The molecule has 2 aliphatic rings. The number of hydrogen-bond acceptors (Lipinski definition) is 6. The number of methoxy groups -OCH3 is 2. The second kappa shape index (κ2) is 10.8. The number of halogens is 1. The Morgan fingerprint density at radius 1 is 1.06 bits per heavy atom. The fourth-order valence-electron chi connectivity index (χ4n) is 5.06. The average Bonchev–Trinajstić information content (AvgIpc) is 2.85. The standard InChI is InChI=1S/C28H30BrNO5/c1-5-11-35-28(32)25-16(2)30-21-13-19(17-9-10-23(33-3)24(15-17)34-4)14-22(31)27(21)26(25)18-7-6-8-20(29)12-18/h6-10,12,15,19,25-26H,5,11,13-14H2,1-4H3/t19-,25?,26-/m0/s1. The van der Waals surface area contributed by atoms with Gasteiger partial charge in [0.1, 0.15) is 5.92 Å². The van der Waals surface area contributed by atoms with Gasteiger partial charge in [0.25, 0.3) is 0 Å². The Bertz CT molecular complexity index is 1200. The summed E-state index contributed by atoms with van der Waals surface area (Å²) in [7, 11) is 3.20. The fourth-order valence-corrected chi connectivity index (χ4v) is 5.48. The lowest BCUT2D eigenvalue weighted by atomic mass is 9.69. The quantitative estimate of drug-likeness (QED) is 0.403. The lowest BCUT2D eigenvalue weighted by molar-refractivity contribution is -0.146. The molecule has 0 aromatic heterocycles. The molecule has 6 nitrogen and oxygen atoms in total. The second-order valence-corrected chi connectivity index (χ2v) is 9.85. The number of hydrogen-bond donors (Lipinski definition) is 0. The zero-order chi connectivity index (χ0) is 25.1. The van der Waals surface area contributed by atoms with Crippen LogP contribution in [0, 0.1) is 5.92 Å². The molecule has 2 aromatic carbocycles. The van der Waals surface area contributed by atoms with E-state index in [0.29, 0.717) is 42.2 Å². The van der Waals surface area contributed by atoms with Gasteiger partial charge in [0, 0.05) is 33.8 Å². The molecule has 1 unspecified atom stereocenters. The summed E-state index contributed by atoms with van der Waals surface area (Å²) >= 11 is 3.54. The number of allylic oxidation sites excluding steroid dienone is 2. The van der Waals surface area contributed by atoms with E-state index in [4.69, 9.17) is 19.2 Å². The van der Waals surface area contributed by atoms with Gasteiger partial charge >= 0.3 is 5.97 Å². The lowest BCUT2D eigenvalue weighted by Crippen LogP contribution is -2.38. The van der Waals surface area contributed by atoms with Crippen LogP contribution < -0.4 is 9.47 Å². The summed E-state index contributed by atoms with van der Waals surface area (Å²) in [6.45, 7) is 4.16. The topological polar surface area (TPSA) is 74.2 Å². The molecule has 0 radical (unpaired) electrons. The molecule has 7 heteroatoms. The van der Waals surface area contributed by atoms with Crippen molar-refractivity contribution in [1.82, 2.24) is 0 Å². The van der Waals surface area contributed by atoms with E-state index in [0.717, 1.165) is 27.7 Å². The van der Waals surface area contributed by atoms with E-state index in [-0.39, 0.29) is 17.7 Å². The Morgan fingerprint density at radius 2 is 1.83 bits per heavy atom. The largest absolute Gasteiger partial charge is 0.493 e. The van der Waals surface area contributed by atoms with Gasteiger partial charge in [-0.3, -0.25) is 14.6 Å². The van der Waals surface area contributed by atoms with E-state index < -0.39 is 11.8 Å². The third-order valence-corrected chi connectivity index (χ3v) is 7.17. The number of Topliss-reactive ketones (excluding diaryl/α,β-unsaturated/α-hetero) is 1. The predicted octanol–water partition coefficient (Wildman–Crippen LogP) is 5.99. The molecule has 0 spiro atoms. The van der Waals surface area contributed by atoms with Crippen molar-refractivity contribution in [2.24, 2.45) is 10.9 Å². The zero-order valence-corrected chi connectivity index (χ0v) is 22.1. The van der Waals surface area contributed by atoms with Gasteiger partial charge in [-0.15, -0.1) is 0 Å². The highest BCUT2D eigenvalue weighted by molar-refractivity contribution is 9.10. The molecule has 1 aliphatic heterocycles. The molecule has 0 amide bonds. The zero-order valence-electron chi connectivity index (χ0n) is 20.5. The number of ether oxygens (including phenoxy) is 3. The first-order valence-corrected chi connectivity index (χ1v) is 12.6. The minimum Gasteiger partial charge on any atom is -0.493 e. The third kappa shape index (κ3) is 5.06. The van der Waals surface area contributed by atoms with E-state index in [9.17, 15) is 9.59 Å². The van der Waals surface area contributed by atoms with Crippen LogP contribution in [0.1, 0.15) is 56.1 Å². The minimum absolute atomic E-state index is 0.0144. The van der Waals surface area contributed by atoms with E-state index in [1.54, 1.807) is 14.2 Å². The van der Waals surface area contributed by atoms with Crippen LogP contribution in [0.15, 0.2) is 63.2 Å². The summed E-state index contributed by atoms with van der Waals surface area (Å²) in [5.74, 6) is -0.136. The normalized spacial score (nSPS) is 21.8. The Morgan fingerprint density at radius 3 is 2.51 bits per heavy atom. The summed E-state index contributed by atoms with van der Waals surface area (Å²) in [6.07, 6.45) is 1.68. The molecule has 3 atom stereocenters. The van der Waals surface area contributed by atoms with E-state index in [1.165, 1.54) is 0 Å². The van der Waals surface area contributed by atoms with Crippen LogP contribution in [0.4, 0.5) is 0 Å². The molecule has 0 N–H and O–H groups in total. The van der Waals surface area contributed by atoms with Crippen LogP contribution >= 0.6 is 15.9 Å². The van der Waals surface area contributed by atoms with Gasteiger partial charge in [0.2, 0.25) is 0 Å². The molecule has 1 heterocycles. The van der Waals surface area contributed by atoms with Crippen molar-refractivity contribution < 1.29 is 23.8 Å². The highest BCUT2D eigenvalue weighted by atomic mass is 79.9. The number of aliphatic imine (C=N–C) groups is 1. The smallest absolute Gasteiger partial charge is 0.315 e. The molecule has 0 saturated carbocycles. The minimum atomic E-state index is -0.629. The Hall–Kier alpha value is -2.93. The van der Waals surface area contributed by atoms with Crippen molar-refractivity contribution in [2.75, 3.05) is 20.8 Å². The average molecular weight is 540 g/mol. The summed E-state index contributed by atoms with van der Waals surface area (Å²) in [6, 6.07) is 13.6. The molecular formula is C28H30BrNO5. The van der Waals surface area contributed by atoms with Crippen LogP contribution in [0.2, 0.25) is 0 Å². The van der Waals surface area contributed by atoms with Crippen LogP contribution in [0.3, 0.4) is 0 Å². The maximum atomic E-state index is 13.7. The summed E-state index contributed by atoms with van der Waals surface area (Å²) in [5, 5.41) is 0.